The highest BCUT2D eigenvalue weighted by molar-refractivity contribution is 5.29. The highest BCUT2D eigenvalue weighted by atomic mass is 16.5. The number of benzene rings is 1. The maximum Gasteiger partial charge on any atom is 0.254 e. The number of rotatable bonds is 9. The molecule has 0 N–H and O–H groups in total. The minimum atomic E-state index is -0.0755. The lowest BCUT2D eigenvalue weighted by atomic mass is 10.0. The molecule has 0 saturated carbocycles. The molecule has 152 valence electrons. The van der Waals surface area contributed by atoms with Gasteiger partial charge in [0.15, 0.2) is 5.82 Å². The molecule has 0 amide bonds. The van der Waals surface area contributed by atoms with Gasteiger partial charge < -0.3 is 9.30 Å². The van der Waals surface area contributed by atoms with E-state index in [1.807, 2.05) is 13.0 Å². The Kier molecular flexibility index (Phi) is 7.17. The molecule has 2 aromatic heterocycles. The first-order chi connectivity index (χ1) is 14.1. The summed E-state index contributed by atoms with van der Waals surface area (Å²) in [5, 5.41) is 0. The van der Waals surface area contributed by atoms with Gasteiger partial charge in [0.05, 0.1) is 6.04 Å². The molecular formula is C24H29N3O2. The second-order valence-electron chi connectivity index (χ2n) is 7.37. The molecule has 0 bridgehead atoms. The average molecular weight is 392 g/mol. The maximum atomic E-state index is 12.8. The molecule has 1 aromatic carbocycles. The fourth-order valence-electron chi connectivity index (χ4n) is 3.51. The summed E-state index contributed by atoms with van der Waals surface area (Å²) in [6.45, 7) is 6.44. The Balaban J connectivity index is 1.72. The second kappa shape index (κ2) is 10.0. The van der Waals surface area contributed by atoms with Crippen molar-refractivity contribution in [2.24, 2.45) is 0 Å². The van der Waals surface area contributed by atoms with Crippen LogP contribution in [-0.4, -0.2) is 14.5 Å². The lowest BCUT2D eigenvalue weighted by Gasteiger charge is -2.20. The van der Waals surface area contributed by atoms with Gasteiger partial charge in [-0.1, -0.05) is 44.0 Å². The van der Waals surface area contributed by atoms with E-state index in [-0.39, 0.29) is 18.2 Å². The normalized spacial score (nSPS) is 12.0. The molecule has 5 nitrogen and oxygen atoms in total. The van der Waals surface area contributed by atoms with Crippen LogP contribution >= 0.6 is 0 Å². The summed E-state index contributed by atoms with van der Waals surface area (Å²) in [7, 11) is 0. The summed E-state index contributed by atoms with van der Waals surface area (Å²) in [5.74, 6) is 1.12. The third kappa shape index (κ3) is 5.53. The number of aromatic nitrogens is 3. The Hall–Kier alpha value is -2.95. The van der Waals surface area contributed by atoms with Crippen molar-refractivity contribution < 1.29 is 4.74 Å². The number of nitrogens with zero attached hydrogens (tertiary/aromatic N) is 3. The van der Waals surface area contributed by atoms with E-state index in [1.165, 1.54) is 30.9 Å². The molecule has 0 saturated heterocycles. The molecule has 1 atom stereocenters. The summed E-state index contributed by atoms with van der Waals surface area (Å²) in [6, 6.07) is 13.8. The monoisotopic (exact) mass is 391 g/mol. The molecule has 0 radical (unpaired) electrons. The Morgan fingerprint density at radius 2 is 1.79 bits per heavy atom. The Morgan fingerprint density at radius 1 is 1.07 bits per heavy atom. The van der Waals surface area contributed by atoms with Crippen LogP contribution in [0.25, 0.3) is 0 Å². The summed E-state index contributed by atoms with van der Waals surface area (Å²) >= 11 is 0. The van der Waals surface area contributed by atoms with Crippen LogP contribution in [0.3, 0.4) is 0 Å². The van der Waals surface area contributed by atoms with Crippen molar-refractivity contribution in [3.05, 3.63) is 87.9 Å². The van der Waals surface area contributed by atoms with Crippen LogP contribution in [-0.2, 0) is 13.0 Å². The molecule has 0 unspecified atom stereocenters. The van der Waals surface area contributed by atoms with E-state index < -0.39 is 0 Å². The quantitative estimate of drug-likeness (QED) is 0.489. The molecule has 3 rings (SSSR count). The van der Waals surface area contributed by atoms with Crippen molar-refractivity contribution in [1.82, 2.24) is 14.5 Å². The predicted molar refractivity (Wildman–Crippen MR) is 115 cm³/mol. The van der Waals surface area contributed by atoms with E-state index >= 15 is 0 Å². The fraction of sp³-hybridized carbons (Fsp3) is 0.375. The number of pyridine rings is 1. The van der Waals surface area contributed by atoms with E-state index in [2.05, 4.69) is 48.1 Å². The number of hydrogen-bond donors (Lipinski definition) is 0. The SMILES string of the molecule is CCCCCc1ccc([C@@H](C)n2c(C)cc(OCc3ncccn3)cc2=O)cc1. The first-order valence-corrected chi connectivity index (χ1v) is 10.3. The standard InChI is InChI=1S/C24H29N3O2/c1-4-5-6-8-20-9-11-21(12-10-20)19(3)27-18(2)15-22(16-24(27)28)29-17-23-25-13-7-14-26-23/h7,9-16,19H,4-6,8,17H2,1-3H3/t19-/m1/s1. The van der Waals surface area contributed by atoms with Gasteiger partial charge in [-0.05, 0) is 49.9 Å². The number of hydrogen-bond acceptors (Lipinski definition) is 4. The van der Waals surface area contributed by atoms with Gasteiger partial charge in [-0.25, -0.2) is 9.97 Å². The third-order valence-electron chi connectivity index (χ3n) is 5.14. The number of unbranched alkanes of at least 4 members (excludes halogenated alkanes) is 2. The van der Waals surface area contributed by atoms with Crippen molar-refractivity contribution >= 4 is 0 Å². The Morgan fingerprint density at radius 3 is 2.45 bits per heavy atom. The van der Waals surface area contributed by atoms with Gasteiger partial charge >= 0.3 is 0 Å². The van der Waals surface area contributed by atoms with Gasteiger partial charge in [-0.3, -0.25) is 4.79 Å². The van der Waals surface area contributed by atoms with E-state index in [0.717, 1.165) is 17.7 Å². The van der Waals surface area contributed by atoms with Crippen molar-refractivity contribution in [2.45, 2.75) is 59.1 Å². The van der Waals surface area contributed by atoms with Gasteiger partial charge in [0.25, 0.3) is 5.56 Å². The topological polar surface area (TPSA) is 57.0 Å². The van der Waals surface area contributed by atoms with Crippen molar-refractivity contribution in [2.75, 3.05) is 0 Å². The Labute approximate surface area is 172 Å². The van der Waals surface area contributed by atoms with E-state index in [1.54, 1.807) is 23.0 Å². The predicted octanol–water partition coefficient (Wildman–Crippen LogP) is 4.87. The van der Waals surface area contributed by atoms with Crippen LogP contribution < -0.4 is 10.3 Å². The van der Waals surface area contributed by atoms with Gasteiger partial charge in [-0.2, -0.15) is 0 Å². The Bertz CT molecular complexity index is 966. The van der Waals surface area contributed by atoms with Crippen molar-refractivity contribution in [3.8, 4) is 5.75 Å². The lowest BCUT2D eigenvalue weighted by Crippen LogP contribution is -2.25. The largest absolute Gasteiger partial charge is 0.485 e. The van der Waals surface area contributed by atoms with Crippen LogP contribution in [0.5, 0.6) is 5.75 Å². The lowest BCUT2D eigenvalue weighted by molar-refractivity contribution is 0.294. The van der Waals surface area contributed by atoms with Crippen molar-refractivity contribution in [3.63, 3.8) is 0 Å². The smallest absolute Gasteiger partial charge is 0.254 e. The zero-order valence-corrected chi connectivity index (χ0v) is 17.5. The van der Waals surface area contributed by atoms with E-state index in [0.29, 0.717) is 11.6 Å². The molecule has 0 spiro atoms. The molecule has 0 fully saturated rings. The van der Waals surface area contributed by atoms with Gasteiger partial charge in [0.1, 0.15) is 12.4 Å². The fourth-order valence-corrected chi connectivity index (χ4v) is 3.51. The molecule has 0 aliphatic rings. The van der Waals surface area contributed by atoms with Crippen LogP contribution in [0.4, 0.5) is 0 Å². The van der Waals surface area contributed by atoms with E-state index in [4.69, 9.17) is 4.74 Å². The van der Waals surface area contributed by atoms with Gasteiger partial charge in [0.2, 0.25) is 0 Å². The maximum absolute atomic E-state index is 12.8. The third-order valence-corrected chi connectivity index (χ3v) is 5.14. The molecule has 3 aromatic rings. The van der Waals surface area contributed by atoms with Crippen LogP contribution in [0, 0.1) is 6.92 Å². The zero-order valence-electron chi connectivity index (χ0n) is 17.5. The molecular weight excluding hydrogens is 362 g/mol. The van der Waals surface area contributed by atoms with Crippen LogP contribution in [0.2, 0.25) is 0 Å². The minimum Gasteiger partial charge on any atom is -0.485 e. The summed E-state index contributed by atoms with van der Waals surface area (Å²) in [5.41, 5.74) is 3.26. The first-order valence-electron chi connectivity index (χ1n) is 10.3. The molecule has 0 aliphatic carbocycles. The van der Waals surface area contributed by atoms with Crippen LogP contribution in [0.1, 0.15) is 61.8 Å². The number of aryl methyl sites for hydroxylation is 2. The first kappa shape index (κ1) is 20.8. The van der Waals surface area contributed by atoms with E-state index in [9.17, 15) is 4.79 Å². The molecule has 5 heteroatoms. The van der Waals surface area contributed by atoms with Gasteiger partial charge in [0, 0.05) is 24.2 Å². The summed E-state index contributed by atoms with van der Waals surface area (Å²) in [4.78, 5) is 21.1. The van der Waals surface area contributed by atoms with Crippen LogP contribution in [0.15, 0.2) is 59.7 Å². The van der Waals surface area contributed by atoms with Gasteiger partial charge in [-0.15, -0.1) is 0 Å². The highest BCUT2D eigenvalue weighted by Crippen LogP contribution is 2.21. The molecule has 29 heavy (non-hydrogen) atoms. The molecule has 0 aliphatic heterocycles. The highest BCUT2D eigenvalue weighted by Gasteiger charge is 2.13. The van der Waals surface area contributed by atoms with Crippen molar-refractivity contribution in [1.29, 1.82) is 0 Å². The number of ether oxygens (including phenoxy) is 1. The molecule has 2 heterocycles. The summed E-state index contributed by atoms with van der Waals surface area (Å²) < 4.78 is 7.52. The average Bonchev–Trinajstić information content (AvgIpc) is 2.73. The minimum absolute atomic E-state index is 0.0429. The second-order valence-corrected chi connectivity index (χ2v) is 7.37. The summed E-state index contributed by atoms with van der Waals surface area (Å²) in [6.07, 6.45) is 8.17. The zero-order chi connectivity index (χ0) is 20.6.